The molecule has 0 spiro atoms. The maximum absolute atomic E-state index is 6.00. The Morgan fingerprint density at radius 3 is 2.29 bits per heavy atom. The van der Waals surface area contributed by atoms with Gasteiger partial charge in [0.1, 0.15) is 0 Å². The molecule has 0 aromatic heterocycles. The molecular formula is C14H13Cl2N. The van der Waals surface area contributed by atoms with Crippen LogP contribution in [0.5, 0.6) is 0 Å². The molecule has 0 saturated heterocycles. The fraction of sp³-hybridized carbons (Fsp3) is 0.143. The molecule has 17 heavy (non-hydrogen) atoms. The summed E-state index contributed by atoms with van der Waals surface area (Å²) in [4.78, 5) is 0. The van der Waals surface area contributed by atoms with E-state index in [1.54, 1.807) is 6.07 Å². The monoisotopic (exact) mass is 265 g/mol. The van der Waals surface area contributed by atoms with Gasteiger partial charge in [0.2, 0.25) is 0 Å². The van der Waals surface area contributed by atoms with Gasteiger partial charge in [-0.25, -0.2) is 0 Å². The van der Waals surface area contributed by atoms with Gasteiger partial charge in [-0.3, -0.25) is 0 Å². The van der Waals surface area contributed by atoms with E-state index in [2.05, 4.69) is 23.5 Å². The zero-order chi connectivity index (χ0) is 12.3. The van der Waals surface area contributed by atoms with Crippen molar-refractivity contribution in [2.75, 3.05) is 7.05 Å². The van der Waals surface area contributed by atoms with E-state index in [9.17, 15) is 0 Å². The van der Waals surface area contributed by atoms with Gasteiger partial charge in [-0.05, 0) is 48.0 Å². The van der Waals surface area contributed by atoms with Crippen LogP contribution in [0.2, 0.25) is 10.0 Å². The first-order valence-corrected chi connectivity index (χ1v) is 6.14. The van der Waals surface area contributed by atoms with E-state index in [0.29, 0.717) is 10.0 Å². The largest absolute Gasteiger partial charge is 0.316 e. The highest BCUT2D eigenvalue weighted by Gasteiger charge is 2.02. The van der Waals surface area contributed by atoms with Gasteiger partial charge in [-0.15, -0.1) is 0 Å². The third-order valence-corrected chi connectivity index (χ3v) is 2.94. The van der Waals surface area contributed by atoms with Crippen LogP contribution in [0.1, 0.15) is 5.56 Å². The lowest BCUT2D eigenvalue weighted by molar-refractivity contribution is 0.818. The standard InChI is InChI=1S/C14H13Cl2N/c1-17-9-10-3-2-4-11(5-10)12-6-13(15)8-14(16)7-12/h2-8,17H,9H2,1H3. The molecule has 0 radical (unpaired) electrons. The topological polar surface area (TPSA) is 12.0 Å². The summed E-state index contributed by atoms with van der Waals surface area (Å²) >= 11 is 12.0. The average Bonchev–Trinajstić information content (AvgIpc) is 2.28. The highest BCUT2D eigenvalue weighted by atomic mass is 35.5. The molecule has 0 atom stereocenters. The van der Waals surface area contributed by atoms with Crippen LogP contribution >= 0.6 is 23.2 Å². The third-order valence-electron chi connectivity index (χ3n) is 2.50. The molecule has 0 bridgehead atoms. The van der Waals surface area contributed by atoms with Crippen molar-refractivity contribution >= 4 is 23.2 Å². The zero-order valence-electron chi connectivity index (χ0n) is 9.50. The molecule has 0 heterocycles. The van der Waals surface area contributed by atoms with Crippen molar-refractivity contribution in [3.63, 3.8) is 0 Å². The van der Waals surface area contributed by atoms with Crippen molar-refractivity contribution in [1.29, 1.82) is 0 Å². The average molecular weight is 266 g/mol. The predicted octanol–water partition coefficient (Wildman–Crippen LogP) is 4.38. The number of hydrogen-bond acceptors (Lipinski definition) is 1. The van der Waals surface area contributed by atoms with Gasteiger partial charge in [-0.1, -0.05) is 41.4 Å². The minimum absolute atomic E-state index is 0.659. The van der Waals surface area contributed by atoms with Crippen LogP contribution in [0, 0.1) is 0 Å². The minimum Gasteiger partial charge on any atom is -0.316 e. The van der Waals surface area contributed by atoms with Gasteiger partial charge >= 0.3 is 0 Å². The summed E-state index contributed by atoms with van der Waals surface area (Å²) in [5, 5.41) is 4.45. The second-order valence-electron chi connectivity index (χ2n) is 3.89. The molecule has 0 aliphatic heterocycles. The van der Waals surface area contributed by atoms with E-state index in [-0.39, 0.29) is 0 Å². The normalized spacial score (nSPS) is 10.5. The zero-order valence-corrected chi connectivity index (χ0v) is 11.0. The van der Waals surface area contributed by atoms with E-state index >= 15 is 0 Å². The summed E-state index contributed by atoms with van der Waals surface area (Å²) < 4.78 is 0. The Bertz CT molecular complexity index is 503. The Hall–Kier alpha value is -1.02. The number of halogens is 2. The lowest BCUT2D eigenvalue weighted by Crippen LogP contribution is -2.04. The van der Waals surface area contributed by atoms with Gasteiger partial charge in [0.15, 0.2) is 0 Å². The van der Waals surface area contributed by atoms with Gasteiger partial charge in [0, 0.05) is 16.6 Å². The summed E-state index contributed by atoms with van der Waals surface area (Å²) in [5.41, 5.74) is 3.41. The first-order valence-electron chi connectivity index (χ1n) is 5.39. The molecule has 0 aliphatic carbocycles. The highest BCUT2D eigenvalue weighted by molar-refractivity contribution is 6.35. The van der Waals surface area contributed by atoms with Crippen molar-refractivity contribution in [2.24, 2.45) is 0 Å². The molecule has 2 aromatic rings. The Labute approximate surface area is 111 Å². The number of nitrogens with one attached hydrogen (secondary N) is 1. The van der Waals surface area contributed by atoms with E-state index in [0.717, 1.165) is 17.7 Å². The summed E-state index contributed by atoms with van der Waals surface area (Å²) in [6, 6.07) is 13.9. The first-order chi connectivity index (χ1) is 8.19. The van der Waals surface area contributed by atoms with Gasteiger partial charge < -0.3 is 5.32 Å². The van der Waals surface area contributed by atoms with E-state index < -0.39 is 0 Å². The van der Waals surface area contributed by atoms with Gasteiger partial charge in [0.25, 0.3) is 0 Å². The molecule has 0 aliphatic rings. The number of rotatable bonds is 3. The molecule has 0 amide bonds. The highest BCUT2D eigenvalue weighted by Crippen LogP contribution is 2.27. The lowest BCUT2D eigenvalue weighted by Gasteiger charge is -2.06. The van der Waals surface area contributed by atoms with Crippen molar-refractivity contribution < 1.29 is 0 Å². The van der Waals surface area contributed by atoms with E-state index in [1.807, 2.05) is 25.2 Å². The van der Waals surface area contributed by atoms with E-state index in [4.69, 9.17) is 23.2 Å². The fourth-order valence-corrected chi connectivity index (χ4v) is 2.31. The maximum atomic E-state index is 6.00. The van der Waals surface area contributed by atoms with Crippen LogP contribution in [-0.4, -0.2) is 7.05 Å². The molecule has 1 N–H and O–H groups in total. The Balaban J connectivity index is 2.41. The molecule has 88 valence electrons. The maximum Gasteiger partial charge on any atom is 0.0426 e. The molecular weight excluding hydrogens is 253 g/mol. The van der Waals surface area contributed by atoms with E-state index in [1.165, 1.54) is 5.56 Å². The van der Waals surface area contributed by atoms with Crippen LogP contribution in [0.3, 0.4) is 0 Å². The molecule has 2 rings (SSSR count). The third kappa shape index (κ3) is 3.22. The van der Waals surface area contributed by atoms with Gasteiger partial charge in [0.05, 0.1) is 0 Å². The summed E-state index contributed by atoms with van der Waals surface area (Å²) in [6.45, 7) is 0.849. The molecule has 1 nitrogen and oxygen atoms in total. The Kier molecular flexibility index (Phi) is 4.06. The molecule has 2 aromatic carbocycles. The van der Waals surface area contributed by atoms with Crippen molar-refractivity contribution in [3.8, 4) is 11.1 Å². The predicted molar refractivity (Wildman–Crippen MR) is 74.7 cm³/mol. The summed E-state index contributed by atoms with van der Waals surface area (Å²) in [7, 11) is 1.93. The van der Waals surface area contributed by atoms with Crippen LogP contribution in [-0.2, 0) is 6.54 Å². The van der Waals surface area contributed by atoms with Crippen molar-refractivity contribution in [2.45, 2.75) is 6.54 Å². The Morgan fingerprint density at radius 2 is 1.65 bits per heavy atom. The van der Waals surface area contributed by atoms with Crippen LogP contribution in [0.4, 0.5) is 0 Å². The van der Waals surface area contributed by atoms with Crippen LogP contribution in [0.25, 0.3) is 11.1 Å². The molecule has 3 heteroatoms. The second kappa shape index (κ2) is 5.54. The Morgan fingerprint density at radius 1 is 0.941 bits per heavy atom. The fourth-order valence-electron chi connectivity index (χ4n) is 1.79. The van der Waals surface area contributed by atoms with Crippen LogP contribution < -0.4 is 5.32 Å². The SMILES string of the molecule is CNCc1cccc(-c2cc(Cl)cc(Cl)c2)c1. The lowest BCUT2D eigenvalue weighted by atomic mass is 10.0. The van der Waals surface area contributed by atoms with Crippen molar-refractivity contribution in [1.82, 2.24) is 5.32 Å². The first kappa shape index (κ1) is 12.4. The second-order valence-corrected chi connectivity index (χ2v) is 4.76. The van der Waals surface area contributed by atoms with Crippen LogP contribution in [0.15, 0.2) is 42.5 Å². The number of hydrogen-bond donors (Lipinski definition) is 1. The minimum atomic E-state index is 0.659. The van der Waals surface area contributed by atoms with Gasteiger partial charge in [-0.2, -0.15) is 0 Å². The summed E-state index contributed by atoms with van der Waals surface area (Å²) in [6.07, 6.45) is 0. The quantitative estimate of drug-likeness (QED) is 0.869. The number of benzene rings is 2. The van der Waals surface area contributed by atoms with Crippen molar-refractivity contribution in [3.05, 3.63) is 58.1 Å². The summed E-state index contributed by atoms with van der Waals surface area (Å²) in [5.74, 6) is 0. The molecule has 0 unspecified atom stereocenters. The smallest absolute Gasteiger partial charge is 0.0426 e. The molecule has 0 saturated carbocycles. The molecule has 0 fully saturated rings.